The summed E-state index contributed by atoms with van der Waals surface area (Å²) in [6.07, 6.45) is 6.80. The van der Waals surface area contributed by atoms with E-state index in [1.54, 1.807) is 0 Å². The highest BCUT2D eigenvalue weighted by Gasteiger charge is 2.30. The number of nitrogens with zero attached hydrogens (tertiary/aromatic N) is 4. The van der Waals surface area contributed by atoms with Crippen molar-refractivity contribution in [3.8, 4) is 5.75 Å². The fraction of sp³-hybridized carbons (Fsp3) is 0.484. The number of benzene rings is 1. The molecule has 45 heavy (non-hydrogen) atoms. The van der Waals surface area contributed by atoms with Crippen LogP contribution in [-0.4, -0.2) is 65.9 Å². The van der Waals surface area contributed by atoms with Crippen LogP contribution in [0, 0.1) is 16.7 Å². The van der Waals surface area contributed by atoms with E-state index < -0.39 is 21.6 Å². The molecule has 3 aromatic rings. The third kappa shape index (κ3) is 8.11. The number of amides is 2. The molecule has 1 saturated heterocycles. The van der Waals surface area contributed by atoms with E-state index in [-0.39, 0.29) is 36.3 Å². The molecule has 2 aromatic heterocycles. The monoisotopic (exact) mass is 639 g/mol. The average molecular weight is 640 g/mol. The molecule has 2 aliphatic rings. The van der Waals surface area contributed by atoms with Crippen LogP contribution in [0.4, 0.5) is 10.7 Å². The standard InChI is InChI=1S/C31H41N7O6S/c1-31(2,3)26(39)17-27(32)34-29(40)33-24-10-11-25(23-8-6-5-7-22(23)24)44-21-9-12-28-35-36-30(38(28)18-21)37-15-13-20(14-16-37)19-43-45(4,41)42/h5-9,12,17-18,20,24-25,39H,10-11,13-16,19H2,1-4H3,(H3,32,33,34,40)/b26-17-/t24-,25+/m0/s1. The Balaban J connectivity index is 1.24. The van der Waals surface area contributed by atoms with Gasteiger partial charge in [-0.3, -0.25) is 19.3 Å². The van der Waals surface area contributed by atoms with Gasteiger partial charge in [0.15, 0.2) is 5.65 Å². The lowest BCUT2D eigenvalue weighted by Gasteiger charge is -2.32. The highest BCUT2D eigenvalue weighted by atomic mass is 32.2. The Kier molecular flexibility index (Phi) is 9.35. The number of nitrogens with one attached hydrogen (secondary N) is 3. The normalized spacial score (nSPS) is 19.6. The first-order valence-corrected chi connectivity index (χ1v) is 16.9. The molecule has 1 aliphatic carbocycles. The highest BCUT2D eigenvalue weighted by Crippen LogP contribution is 2.39. The highest BCUT2D eigenvalue weighted by molar-refractivity contribution is 7.85. The quantitative estimate of drug-likeness (QED) is 0.119. The Labute approximate surface area is 263 Å². The summed E-state index contributed by atoms with van der Waals surface area (Å²) in [5.41, 5.74) is 2.07. The molecule has 0 saturated carbocycles. The van der Waals surface area contributed by atoms with Crippen molar-refractivity contribution < 1.29 is 27.2 Å². The lowest BCUT2D eigenvalue weighted by molar-refractivity contribution is 0.171. The number of hydrogen-bond acceptors (Lipinski definition) is 10. The van der Waals surface area contributed by atoms with Crippen LogP contribution >= 0.6 is 0 Å². The van der Waals surface area contributed by atoms with E-state index in [9.17, 15) is 18.3 Å². The molecule has 2 amide bonds. The Bertz CT molecular complexity index is 1690. The molecule has 14 heteroatoms. The number of ether oxygens (including phenoxy) is 1. The molecule has 0 radical (unpaired) electrons. The molecular formula is C31H41N7O6S. The van der Waals surface area contributed by atoms with Crippen LogP contribution in [0.25, 0.3) is 5.65 Å². The van der Waals surface area contributed by atoms with Crippen LogP contribution in [0.1, 0.15) is 69.7 Å². The summed E-state index contributed by atoms with van der Waals surface area (Å²) in [5, 5.41) is 32.4. The van der Waals surface area contributed by atoms with Crippen molar-refractivity contribution in [2.45, 2.75) is 58.6 Å². The van der Waals surface area contributed by atoms with E-state index in [0.717, 1.165) is 30.2 Å². The molecule has 242 valence electrons. The van der Waals surface area contributed by atoms with Crippen molar-refractivity contribution in [3.63, 3.8) is 0 Å². The smallest absolute Gasteiger partial charge is 0.320 e. The van der Waals surface area contributed by atoms with E-state index >= 15 is 0 Å². The maximum absolute atomic E-state index is 12.7. The minimum atomic E-state index is -3.46. The predicted octanol–water partition coefficient (Wildman–Crippen LogP) is 4.64. The van der Waals surface area contributed by atoms with Gasteiger partial charge >= 0.3 is 6.03 Å². The summed E-state index contributed by atoms with van der Waals surface area (Å²) in [6, 6.07) is 10.8. The summed E-state index contributed by atoms with van der Waals surface area (Å²) in [4.78, 5) is 14.9. The van der Waals surface area contributed by atoms with Crippen molar-refractivity contribution in [2.24, 2.45) is 11.3 Å². The topological polar surface area (TPSA) is 171 Å². The lowest BCUT2D eigenvalue weighted by Crippen LogP contribution is -2.42. The zero-order chi connectivity index (χ0) is 32.4. The van der Waals surface area contributed by atoms with Gasteiger partial charge in [0.1, 0.15) is 23.4 Å². The van der Waals surface area contributed by atoms with E-state index in [1.165, 1.54) is 6.08 Å². The van der Waals surface area contributed by atoms with Crippen LogP contribution in [0.5, 0.6) is 5.75 Å². The summed E-state index contributed by atoms with van der Waals surface area (Å²) >= 11 is 0. The van der Waals surface area contributed by atoms with Crippen LogP contribution < -0.4 is 20.3 Å². The van der Waals surface area contributed by atoms with Gasteiger partial charge in [-0.05, 0) is 54.9 Å². The Morgan fingerprint density at radius 3 is 2.49 bits per heavy atom. The molecule has 13 nitrogen and oxygen atoms in total. The molecule has 5 rings (SSSR count). The van der Waals surface area contributed by atoms with Gasteiger partial charge in [-0.25, -0.2) is 4.79 Å². The summed E-state index contributed by atoms with van der Waals surface area (Å²) in [5.74, 6) is 1.33. The zero-order valence-electron chi connectivity index (χ0n) is 26.0. The number of urea groups is 1. The van der Waals surface area contributed by atoms with Crippen molar-refractivity contribution in [1.29, 1.82) is 5.41 Å². The lowest BCUT2D eigenvalue weighted by atomic mass is 9.85. The van der Waals surface area contributed by atoms with E-state index in [2.05, 4.69) is 25.7 Å². The maximum atomic E-state index is 12.7. The molecule has 0 bridgehead atoms. The van der Waals surface area contributed by atoms with Gasteiger partial charge in [0.05, 0.1) is 25.1 Å². The fourth-order valence-corrected chi connectivity index (χ4v) is 6.00. The van der Waals surface area contributed by atoms with Gasteiger partial charge in [-0.2, -0.15) is 8.42 Å². The number of pyridine rings is 1. The number of aliphatic hydroxyl groups excluding tert-OH is 1. The van der Waals surface area contributed by atoms with E-state index in [4.69, 9.17) is 14.3 Å². The Morgan fingerprint density at radius 1 is 1.09 bits per heavy atom. The number of rotatable bonds is 8. The number of carbonyl (C=O) groups excluding carboxylic acids is 1. The largest absolute Gasteiger partial charge is 0.512 e. The Hall–Kier alpha value is -4.17. The number of hydrogen-bond donors (Lipinski definition) is 4. The minimum Gasteiger partial charge on any atom is -0.512 e. The minimum absolute atomic E-state index is 0.00851. The molecule has 4 N–H and O–H groups in total. The number of fused-ring (bicyclic) bond motifs is 2. The molecule has 1 fully saturated rings. The molecule has 3 heterocycles. The van der Waals surface area contributed by atoms with E-state index in [0.29, 0.717) is 43.3 Å². The number of aliphatic hydroxyl groups is 1. The molecular weight excluding hydrogens is 598 g/mol. The first-order valence-electron chi connectivity index (χ1n) is 15.0. The Morgan fingerprint density at radius 2 is 1.80 bits per heavy atom. The summed E-state index contributed by atoms with van der Waals surface area (Å²) in [6.45, 7) is 7.06. The van der Waals surface area contributed by atoms with Crippen molar-refractivity contribution >= 4 is 33.6 Å². The number of carbonyl (C=O) groups is 1. The first kappa shape index (κ1) is 32.2. The second kappa shape index (κ2) is 13.1. The average Bonchev–Trinajstić information content (AvgIpc) is 3.40. The van der Waals surface area contributed by atoms with Gasteiger partial charge in [0, 0.05) is 24.6 Å². The maximum Gasteiger partial charge on any atom is 0.320 e. The summed E-state index contributed by atoms with van der Waals surface area (Å²) in [7, 11) is -3.46. The third-order valence-corrected chi connectivity index (χ3v) is 8.65. The molecule has 1 aromatic carbocycles. The number of amidine groups is 1. The van der Waals surface area contributed by atoms with Gasteiger partial charge in [-0.15, -0.1) is 10.2 Å². The van der Waals surface area contributed by atoms with Crippen molar-refractivity contribution in [1.82, 2.24) is 25.2 Å². The molecule has 0 unspecified atom stereocenters. The molecule has 0 spiro atoms. The second-order valence-electron chi connectivity index (χ2n) is 12.7. The van der Waals surface area contributed by atoms with Crippen LogP contribution in [-0.2, 0) is 14.3 Å². The molecule has 1 aliphatic heterocycles. The fourth-order valence-electron chi connectivity index (χ4n) is 5.56. The van der Waals surface area contributed by atoms with Crippen molar-refractivity contribution in [2.75, 3.05) is 30.9 Å². The molecule has 2 atom stereocenters. The van der Waals surface area contributed by atoms with Crippen LogP contribution in [0.3, 0.4) is 0 Å². The predicted molar refractivity (Wildman–Crippen MR) is 170 cm³/mol. The zero-order valence-corrected chi connectivity index (χ0v) is 26.8. The van der Waals surface area contributed by atoms with E-state index in [1.807, 2.05) is 67.8 Å². The van der Waals surface area contributed by atoms with Crippen LogP contribution in [0.2, 0.25) is 0 Å². The third-order valence-electron chi connectivity index (χ3n) is 8.09. The summed E-state index contributed by atoms with van der Waals surface area (Å²) < 4.78 is 36.1. The second-order valence-corrected chi connectivity index (χ2v) is 14.3. The van der Waals surface area contributed by atoms with Gasteiger partial charge in [-0.1, -0.05) is 45.0 Å². The number of aromatic nitrogens is 3. The first-order chi connectivity index (χ1) is 21.3. The number of allylic oxidation sites excluding steroid dienone is 1. The number of anilines is 1. The van der Waals surface area contributed by atoms with Crippen LogP contribution in [0.15, 0.2) is 54.4 Å². The van der Waals surface area contributed by atoms with Crippen molar-refractivity contribution in [3.05, 3.63) is 65.6 Å². The van der Waals surface area contributed by atoms with Gasteiger partial charge in [0.2, 0.25) is 5.95 Å². The number of piperidine rings is 1. The SMILES string of the molecule is CC(C)(C)/C(O)=C/C(=N)NC(=O)N[C@H]1CC[C@@H](Oc2ccc3nnc(N4CCC(COS(C)(=O)=O)CC4)n3c2)c2ccccc21. The van der Waals surface area contributed by atoms with Gasteiger partial charge < -0.3 is 20.1 Å². The van der Waals surface area contributed by atoms with Gasteiger partial charge in [0.25, 0.3) is 10.1 Å².